The number of anilines is 1. The van der Waals surface area contributed by atoms with Crippen molar-refractivity contribution in [3.05, 3.63) is 29.8 Å². The summed E-state index contributed by atoms with van der Waals surface area (Å²) < 4.78 is 5.50. The standard InChI is InChI=1S/C20H31N3O2S/c1-2-25-15-17-7-3-4-8-18(17)22-19(24)21-16-20(9-5-6-10-20)23-11-13-26-14-12-23/h3-4,7-8H,2,5-6,9-16H2,1H3,(H2,21,22,24). The van der Waals surface area contributed by atoms with Gasteiger partial charge in [0.25, 0.3) is 0 Å². The molecule has 1 aliphatic heterocycles. The quantitative estimate of drug-likeness (QED) is 0.761. The van der Waals surface area contributed by atoms with E-state index in [1.165, 1.54) is 37.2 Å². The van der Waals surface area contributed by atoms with E-state index in [0.29, 0.717) is 13.2 Å². The first-order valence-electron chi connectivity index (χ1n) is 9.77. The summed E-state index contributed by atoms with van der Waals surface area (Å²) in [5.74, 6) is 2.41. The van der Waals surface area contributed by atoms with Crippen LogP contribution in [0.5, 0.6) is 0 Å². The van der Waals surface area contributed by atoms with Gasteiger partial charge in [-0.25, -0.2) is 4.79 Å². The molecule has 0 radical (unpaired) electrons. The van der Waals surface area contributed by atoms with Crippen molar-refractivity contribution in [3.8, 4) is 0 Å². The SMILES string of the molecule is CCOCc1ccccc1NC(=O)NCC1(N2CCSCC2)CCCC1. The lowest BCUT2D eigenvalue weighted by Gasteiger charge is -2.43. The number of rotatable bonds is 7. The Kier molecular flexibility index (Phi) is 7.23. The molecule has 0 spiro atoms. The minimum absolute atomic E-state index is 0.119. The van der Waals surface area contributed by atoms with Gasteiger partial charge in [0.1, 0.15) is 0 Å². The second kappa shape index (κ2) is 9.62. The highest BCUT2D eigenvalue weighted by atomic mass is 32.2. The Balaban J connectivity index is 1.57. The van der Waals surface area contributed by atoms with Gasteiger partial charge in [0.15, 0.2) is 0 Å². The van der Waals surface area contributed by atoms with Crippen molar-refractivity contribution >= 4 is 23.5 Å². The Labute approximate surface area is 161 Å². The Bertz CT molecular complexity index is 584. The molecule has 0 atom stereocenters. The summed E-state index contributed by atoms with van der Waals surface area (Å²) in [6, 6.07) is 7.72. The van der Waals surface area contributed by atoms with Crippen LogP contribution in [-0.4, -0.2) is 54.2 Å². The lowest BCUT2D eigenvalue weighted by molar-refractivity contribution is 0.105. The van der Waals surface area contributed by atoms with Crippen LogP contribution >= 0.6 is 11.8 Å². The Morgan fingerprint density at radius 1 is 1.23 bits per heavy atom. The van der Waals surface area contributed by atoms with E-state index in [-0.39, 0.29) is 11.6 Å². The molecule has 1 heterocycles. The van der Waals surface area contributed by atoms with Crippen LogP contribution in [0.25, 0.3) is 0 Å². The zero-order valence-electron chi connectivity index (χ0n) is 15.8. The van der Waals surface area contributed by atoms with Crippen LogP contribution in [0.1, 0.15) is 38.2 Å². The van der Waals surface area contributed by atoms with Crippen molar-refractivity contribution < 1.29 is 9.53 Å². The van der Waals surface area contributed by atoms with Gasteiger partial charge in [-0.15, -0.1) is 0 Å². The Hall–Kier alpha value is -1.24. The highest BCUT2D eigenvalue weighted by molar-refractivity contribution is 7.99. The molecule has 2 N–H and O–H groups in total. The van der Waals surface area contributed by atoms with Crippen LogP contribution in [0, 0.1) is 0 Å². The Morgan fingerprint density at radius 2 is 1.96 bits per heavy atom. The maximum absolute atomic E-state index is 12.5. The summed E-state index contributed by atoms with van der Waals surface area (Å²) in [5, 5.41) is 6.17. The maximum atomic E-state index is 12.5. The van der Waals surface area contributed by atoms with E-state index in [0.717, 1.165) is 30.9 Å². The normalized spacial score (nSPS) is 20.0. The van der Waals surface area contributed by atoms with Crippen LogP contribution in [0.4, 0.5) is 10.5 Å². The number of hydrogen-bond acceptors (Lipinski definition) is 4. The van der Waals surface area contributed by atoms with Gasteiger partial charge in [0.2, 0.25) is 0 Å². The molecule has 2 fully saturated rings. The molecule has 3 rings (SSSR count). The number of amides is 2. The van der Waals surface area contributed by atoms with E-state index < -0.39 is 0 Å². The number of para-hydroxylation sites is 1. The molecule has 1 saturated heterocycles. The number of urea groups is 1. The van der Waals surface area contributed by atoms with Gasteiger partial charge in [-0.05, 0) is 25.8 Å². The fraction of sp³-hybridized carbons (Fsp3) is 0.650. The number of benzene rings is 1. The molecule has 144 valence electrons. The lowest BCUT2D eigenvalue weighted by Crippen LogP contribution is -2.56. The maximum Gasteiger partial charge on any atom is 0.319 e. The summed E-state index contributed by atoms with van der Waals surface area (Å²) in [5.41, 5.74) is 1.99. The van der Waals surface area contributed by atoms with Gasteiger partial charge in [-0.3, -0.25) is 4.90 Å². The fourth-order valence-electron chi connectivity index (χ4n) is 4.07. The predicted molar refractivity (Wildman–Crippen MR) is 109 cm³/mol. The third kappa shape index (κ3) is 4.93. The molecule has 2 amide bonds. The van der Waals surface area contributed by atoms with Crippen LogP contribution < -0.4 is 10.6 Å². The lowest BCUT2D eigenvalue weighted by atomic mass is 9.94. The third-order valence-electron chi connectivity index (χ3n) is 5.52. The molecule has 6 heteroatoms. The number of thioether (sulfide) groups is 1. The van der Waals surface area contributed by atoms with Gasteiger partial charge in [0.05, 0.1) is 6.61 Å². The van der Waals surface area contributed by atoms with Crippen LogP contribution in [0.15, 0.2) is 24.3 Å². The molecule has 1 aromatic rings. The summed E-state index contributed by atoms with van der Waals surface area (Å²) in [6.45, 7) is 6.18. The molecular formula is C20H31N3O2S. The first kappa shape index (κ1) is 19.5. The molecule has 26 heavy (non-hydrogen) atoms. The first-order valence-corrected chi connectivity index (χ1v) is 10.9. The van der Waals surface area contributed by atoms with Crippen molar-refractivity contribution in [2.75, 3.05) is 43.1 Å². The number of nitrogens with one attached hydrogen (secondary N) is 2. The number of ether oxygens (including phenoxy) is 1. The average Bonchev–Trinajstić information content (AvgIpc) is 3.17. The molecule has 5 nitrogen and oxygen atoms in total. The molecular weight excluding hydrogens is 346 g/mol. The smallest absolute Gasteiger partial charge is 0.319 e. The van der Waals surface area contributed by atoms with Crippen LogP contribution in [0.2, 0.25) is 0 Å². The molecule has 1 saturated carbocycles. The molecule has 0 unspecified atom stereocenters. The largest absolute Gasteiger partial charge is 0.377 e. The second-order valence-electron chi connectivity index (χ2n) is 7.13. The second-order valence-corrected chi connectivity index (χ2v) is 8.36. The molecule has 1 aliphatic carbocycles. The van der Waals surface area contributed by atoms with E-state index in [1.807, 2.05) is 43.0 Å². The van der Waals surface area contributed by atoms with E-state index in [1.54, 1.807) is 0 Å². The first-order chi connectivity index (χ1) is 12.7. The molecule has 1 aromatic carbocycles. The summed E-state index contributed by atoms with van der Waals surface area (Å²) >= 11 is 2.04. The predicted octanol–water partition coefficient (Wildman–Crippen LogP) is 3.71. The zero-order chi connectivity index (χ0) is 18.2. The van der Waals surface area contributed by atoms with Crippen molar-refractivity contribution in [1.82, 2.24) is 10.2 Å². The van der Waals surface area contributed by atoms with Gasteiger partial charge >= 0.3 is 6.03 Å². The number of hydrogen-bond donors (Lipinski definition) is 2. The minimum atomic E-state index is -0.119. The third-order valence-corrected chi connectivity index (χ3v) is 6.46. The number of carbonyl (C=O) groups is 1. The van der Waals surface area contributed by atoms with Gasteiger partial charge in [-0.2, -0.15) is 11.8 Å². The van der Waals surface area contributed by atoms with E-state index in [4.69, 9.17) is 4.74 Å². The molecule has 2 aliphatic rings. The minimum Gasteiger partial charge on any atom is -0.377 e. The van der Waals surface area contributed by atoms with Crippen LogP contribution in [-0.2, 0) is 11.3 Å². The average molecular weight is 378 g/mol. The van der Waals surface area contributed by atoms with E-state index >= 15 is 0 Å². The van der Waals surface area contributed by atoms with Crippen molar-refractivity contribution in [2.24, 2.45) is 0 Å². The van der Waals surface area contributed by atoms with E-state index in [2.05, 4.69) is 15.5 Å². The molecule has 0 aromatic heterocycles. The van der Waals surface area contributed by atoms with Gasteiger partial charge in [-0.1, -0.05) is 31.0 Å². The summed E-state index contributed by atoms with van der Waals surface area (Å²) in [7, 11) is 0. The van der Waals surface area contributed by atoms with Crippen molar-refractivity contribution in [1.29, 1.82) is 0 Å². The van der Waals surface area contributed by atoms with Crippen LogP contribution in [0.3, 0.4) is 0 Å². The van der Waals surface area contributed by atoms with Crippen molar-refractivity contribution in [3.63, 3.8) is 0 Å². The zero-order valence-corrected chi connectivity index (χ0v) is 16.6. The monoisotopic (exact) mass is 377 g/mol. The van der Waals surface area contributed by atoms with Crippen molar-refractivity contribution in [2.45, 2.75) is 44.8 Å². The number of carbonyl (C=O) groups excluding carboxylic acids is 1. The highest BCUT2D eigenvalue weighted by Gasteiger charge is 2.40. The summed E-state index contributed by atoms with van der Waals surface area (Å²) in [6.07, 6.45) is 4.92. The highest BCUT2D eigenvalue weighted by Crippen LogP contribution is 2.36. The molecule has 0 bridgehead atoms. The van der Waals surface area contributed by atoms with E-state index in [9.17, 15) is 4.79 Å². The van der Waals surface area contributed by atoms with Gasteiger partial charge < -0.3 is 15.4 Å². The fourth-order valence-corrected chi connectivity index (χ4v) is 4.97. The summed E-state index contributed by atoms with van der Waals surface area (Å²) in [4.78, 5) is 15.2. The van der Waals surface area contributed by atoms with Gasteiger partial charge in [0, 0.05) is 54.5 Å². The Morgan fingerprint density at radius 3 is 2.69 bits per heavy atom. The number of nitrogens with zero attached hydrogens (tertiary/aromatic N) is 1. The topological polar surface area (TPSA) is 53.6 Å².